The van der Waals surface area contributed by atoms with Crippen molar-refractivity contribution in [2.24, 2.45) is 12.8 Å². The van der Waals surface area contributed by atoms with Crippen molar-refractivity contribution < 1.29 is 0 Å². The van der Waals surface area contributed by atoms with Gasteiger partial charge < -0.3 is 10.3 Å². The maximum Gasteiger partial charge on any atom is 0.0492 e. The van der Waals surface area contributed by atoms with Gasteiger partial charge in [0.05, 0.1) is 0 Å². The van der Waals surface area contributed by atoms with Crippen LogP contribution in [0, 0.1) is 0 Å². The highest BCUT2D eigenvalue weighted by Gasteiger charge is 2.44. The Morgan fingerprint density at radius 2 is 2.19 bits per heavy atom. The fourth-order valence-electron chi connectivity index (χ4n) is 2.54. The minimum absolute atomic E-state index is 0.253. The van der Waals surface area contributed by atoms with E-state index in [9.17, 15) is 0 Å². The molecule has 2 N–H and O–H groups in total. The molecule has 1 fully saturated rings. The third-order valence-electron chi connectivity index (χ3n) is 3.78. The molecule has 1 saturated carbocycles. The Hall–Kier alpha value is -0.800. The van der Waals surface area contributed by atoms with Gasteiger partial charge in [0.25, 0.3) is 0 Å². The Balaban J connectivity index is 2.33. The van der Waals surface area contributed by atoms with E-state index in [0.29, 0.717) is 0 Å². The van der Waals surface area contributed by atoms with Gasteiger partial charge in [-0.05, 0) is 30.5 Å². The molecule has 0 unspecified atom stereocenters. The first-order chi connectivity index (χ1) is 7.68. The van der Waals surface area contributed by atoms with Crippen molar-refractivity contribution in [3.8, 4) is 0 Å². The molecule has 16 heavy (non-hydrogen) atoms. The van der Waals surface area contributed by atoms with Crippen molar-refractivity contribution in [2.45, 2.75) is 18.3 Å². The molecule has 1 aliphatic carbocycles. The van der Waals surface area contributed by atoms with Crippen molar-refractivity contribution in [3.05, 3.63) is 34.4 Å². The zero-order chi connectivity index (χ0) is 11.3. The Morgan fingerprint density at radius 1 is 1.44 bits per heavy atom. The van der Waals surface area contributed by atoms with Crippen molar-refractivity contribution in [1.29, 1.82) is 0 Å². The second kappa shape index (κ2) is 3.34. The predicted octanol–water partition coefficient (Wildman–Crippen LogP) is 2.93. The summed E-state index contributed by atoms with van der Waals surface area (Å²) < 4.78 is 3.38. The number of halogens is 1. The summed E-state index contributed by atoms with van der Waals surface area (Å²) in [6.45, 7) is 0.757. The largest absolute Gasteiger partial charge is 0.350 e. The third-order valence-corrected chi connectivity index (χ3v) is 4.44. The number of aromatic nitrogens is 1. The zero-order valence-corrected chi connectivity index (χ0v) is 10.9. The van der Waals surface area contributed by atoms with Crippen LogP contribution in [0.3, 0.4) is 0 Å². The van der Waals surface area contributed by atoms with Crippen LogP contribution in [0.4, 0.5) is 0 Å². The SMILES string of the molecule is Cn1cc(C2(CN)CC2)c2c(Br)cccc21. The highest BCUT2D eigenvalue weighted by molar-refractivity contribution is 9.10. The summed E-state index contributed by atoms with van der Waals surface area (Å²) in [5.41, 5.74) is 8.88. The summed E-state index contributed by atoms with van der Waals surface area (Å²) in [7, 11) is 2.10. The zero-order valence-electron chi connectivity index (χ0n) is 9.33. The minimum Gasteiger partial charge on any atom is -0.350 e. The molecule has 0 amide bonds. The first-order valence-electron chi connectivity index (χ1n) is 5.62. The predicted molar refractivity (Wildman–Crippen MR) is 70.6 cm³/mol. The van der Waals surface area contributed by atoms with Crippen LogP contribution < -0.4 is 5.73 Å². The highest BCUT2D eigenvalue weighted by atomic mass is 79.9. The molecule has 3 rings (SSSR count). The smallest absolute Gasteiger partial charge is 0.0492 e. The summed E-state index contributed by atoms with van der Waals surface area (Å²) in [6, 6.07) is 6.35. The molecule has 1 aromatic carbocycles. The van der Waals surface area contributed by atoms with Crippen molar-refractivity contribution in [1.82, 2.24) is 4.57 Å². The maximum absolute atomic E-state index is 5.93. The summed E-state index contributed by atoms with van der Waals surface area (Å²) in [4.78, 5) is 0. The molecule has 2 nitrogen and oxygen atoms in total. The van der Waals surface area contributed by atoms with E-state index in [4.69, 9.17) is 5.73 Å². The molecule has 0 bridgehead atoms. The molecule has 1 aliphatic rings. The first kappa shape index (κ1) is 10.4. The van der Waals surface area contributed by atoms with Crippen LogP contribution in [0.15, 0.2) is 28.9 Å². The standard InChI is InChI=1S/C13H15BrN2/c1-16-7-9(13(8-15)5-6-13)12-10(14)3-2-4-11(12)16/h2-4,7H,5-6,8,15H2,1H3. The lowest BCUT2D eigenvalue weighted by molar-refractivity contribution is 0.706. The van der Waals surface area contributed by atoms with Crippen molar-refractivity contribution >= 4 is 26.8 Å². The minimum atomic E-state index is 0.253. The van der Waals surface area contributed by atoms with E-state index in [-0.39, 0.29) is 5.41 Å². The van der Waals surface area contributed by atoms with Crippen LogP contribution in [0.2, 0.25) is 0 Å². The lowest BCUT2D eigenvalue weighted by Gasteiger charge is -2.11. The van der Waals surface area contributed by atoms with Gasteiger partial charge in [-0.3, -0.25) is 0 Å². The van der Waals surface area contributed by atoms with E-state index in [2.05, 4.69) is 51.9 Å². The van der Waals surface area contributed by atoms with Gasteiger partial charge in [0.1, 0.15) is 0 Å². The molecule has 2 aromatic rings. The quantitative estimate of drug-likeness (QED) is 0.900. The van der Waals surface area contributed by atoms with Gasteiger partial charge in [0, 0.05) is 40.6 Å². The molecule has 0 saturated heterocycles. The molecule has 3 heteroatoms. The molecule has 0 radical (unpaired) electrons. The first-order valence-corrected chi connectivity index (χ1v) is 6.41. The number of nitrogens with zero attached hydrogens (tertiary/aromatic N) is 1. The van der Waals surface area contributed by atoms with Crippen LogP contribution >= 0.6 is 15.9 Å². The maximum atomic E-state index is 5.93. The Bertz CT molecular complexity index is 552. The van der Waals surface area contributed by atoms with Crippen molar-refractivity contribution in [3.63, 3.8) is 0 Å². The van der Waals surface area contributed by atoms with Gasteiger partial charge in [-0.15, -0.1) is 0 Å². The number of benzene rings is 1. The van der Waals surface area contributed by atoms with Crippen LogP contribution in [0.5, 0.6) is 0 Å². The van der Waals surface area contributed by atoms with E-state index < -0.39 is 0 Å². The Labute approximate surface area is 104 Å². The van der Waals surface area contributed by atoms with Gasteiger partial charge in [0.15, 0.2) is 0 Å². The third kappa shape index (κ3) is 1.28. The average molecular weight is 279 g/mol. The number of nitrogens with two attached hydrogens (primary N) is 1. The van der Waals surface area contributed by atoms with Crippen LogP contribution in [-0.4, -0.2) is 11.1 Å². The second-order valence-corrected chi connectivity index (χ2v) is 5.63. The molecular formula is C13H15BrN2. The van der Waals surface area contributed by atoms with E-state index in [1.54, 1.807) is 0 Å². The fourth-order valence-corrected chi connectivity index (χ4v) is 3.11. The number of hydrogen-bond donors (Lipinski definition) is 1. The van der Waals surface area contributed by atoms with Crippen LogP contribution in [0.1, 0.15) is 18.4 Å². The lowest BCUT2D eigenvalue weighted by atomic mass is 9.96. The summed E-state index contributed by atoms with van der Waals surface area (Å²) in [6.07, 6.45) is 4.70. The van der Waals surface area contributed by atoms with Crippen LogP contribution in [-0.2, 0) is 12.5 Å². The molecule has 0 atom stereocenters. The normalized spacial score (nSPS) is 17.9. The monoisotopic (exact) mass is 278 g/mol. The van der Waals surface area contributed by atoms with Crippen LogP contribution in [0.25, 0.3) is 10.9 Å². The molecule has 1 heterocycles. The number of aryl methyl sites for hydroxylation is 1. The Kier molecular flexibility index (Phi) is 2.17. The highest BCUT2D eigenvalue weighted by Crippen LogP contribution is 2.50. The number of fused-ring (bicyclic) bond motifs is 1. The fraction of sp³-hybridized carbons (Fsp3) is 0.385. The van der Waals surface area contributed by atoms with E-state index >= 15 is 0 Å². The molecular weight excluding hydrogens is 264 g/mol. The number of hydrogen-bond acceptors (Lipinski definition) is 1. The molecule has 84 valence electrons. The molecule has 0 spiro atoms. The average Bonchev–Trinajstić information content (AvgIpc) is 3.00. The topological polar surface area (TPSA) is 30.9 Å². The van der Waals surface area contributed by atoms with Gasteiger partial charge in [-0.2, -0.15) is 0 Å². The van der Waals surface area contributed by atoms with Gasteiger partial charge in [0.2, 0.25) is 0 Å². The molecule has 0 aliphatic heterocycles. The van der Waals surface area contributed by atoms with Crippen molar-refractivity contribution in [2.75, 3.05) is 6.54 Å². The van der Waals surface area contributed by atoms with Gasteiger partial charge in [-0.1, -0.05) is 22.0 Å². The van der Waals surface area contributed by atoms with Gasteiger partial charge in [-0.25, -0.2) is 0 Å². The van der Waals surface area contributed by atoms with E-state index in [1.807, 2.05) is 0 Å². The van der Waals surface area contributed by atoms with E-state index in [1.165, 1.54) is 33.8 Å². The Morgan fingerprint density at radius 3 is 2.81 bits per heavy atom. The summed E-state index contributed by atoms with van der Waals surface area (Å²) in [5, 5.41) is 1.34. The van der Waals surface area contributed by atoms with E-state index in [0.717, 1.165) is 6.54 Å². The molecule has 1 aromatic heterocycles. The van der Waals surface area contributed by atoms with Gasteiger partial charge >= 0.3 is 0 Å². The summed E-state index contributed by atoms with van der Waals surface area (Å²) in [5.74, 6) is 0. The second-order valence-electron chi connectivity index (χ2n) is 4.77. The number of rotatable bonds is 2. The lowest BCUT2D eigenvalue weighted by Crippen LogP contribution is -2.19. The summed E-state index contributed by atoms with van der Waals surface area (Å²) >= 11 is 3.66.